The fourth-order valence-corrected chi connectivity index (χ4v) is 5.59. The fraction of sp³-hybridized carbons (Fsp3) is 0.682. The van der Waals surface area contributed by atoms with Gasteiger partial charge >= 0.3 is 0 Å². The topological polar surface area (TPSA) is 86.3 Å². The molecule has 2 N–H and O–H groups in total. The second kappa shape index (κ2) is 12.0. The summed E-state index contributed by atoms with van der Waals surface area (Å²) >= 11 is 0. The Morgan fingerprint density at radius 3 is 2.69 bits per heavy atom. The first-order chi connectivity index (χ1) is 15.0. The highest BCUT2D eigenvalue weighted by Gasteiger charge is 2.41. The van der Waals surface area contributed by atoms with Crippen molar-refractivity contribution in [3.8, 4) is 0 Å². The third-order valence-corrected chi connectivity index (χ3v) is 7.97. The first-order valence-electron chi connectivity index (χ1n) is 11.4. The van der Waals surface area contributed by atoms with Gasteiger partial charge in [0.05, 0.1) is 24.5 Å². The Bertz CT molecular complexity index is 850. The summed E-state index contributed by atoms with van der Waals surface area (Å²) < 4.78 is 33.3. The lowest BCUT2D eigenvalue weighted by atomic mass is 9.86. The SMILES string of the molecule is CN=C(NCCS(=O)(=O)NCC1CCC1)N1CC2OCCN(Cc3ccccc3)C2C1.I. The largest absolute Gasteiger partial charge is 0.373 e. The lowest BCUT2D eigenvalue weighted by Gasteiger charge is -2.36. The molecule has 1 aliphatic carbocycles. The first-order valence-corrected chi connectivity index (χ1v) is 13.0. The van der Waals surface area contributed by atoms with Gasteiger partial charge in [-0.05, 0) is 24.3 Å². The average Bonchev–Trinajstić information content (AvgIpc) is 3.16. The molecule has 1 aromatic carbocycles. The van der Waals surface area contributed by atoms with E-state index in [9.17, 15) is 8.42 Å². The van der Waals surface area contributed by atoms with Gasteiger partial charge in [-0.15, -0.1) is 24.0 Å². The van der Waals surface area contributed by atoms with E-state index >= 15 is 0 Å². The van der Waals surface area contributed by atoms with Crippen LogP contribution >= 0.6 is 24.0 Å². The van der Waals surface area contributed by atoms with Gasteiger partial charge in [-0.2, -0.15) is 0 Å². The van der Waals surface area contributed by atoms with Crippen molar-refractivity contribution >= 4 is 40.0 Å². The van der Waals surface area contributed by atoms with Gasteiger partial charge in [-0.1, -0.05) is 36.8 Å². The predicted molar refractivity (Wildman–Crippen MR) is 138 cm³/mol. The van der Waals surface area contributed by atoms with E-state index in [0.29, 0.717) is 25.0 Å². The zero-order chi connectivity index (χ0) is 21.7. The number of benzene rings is 1. The van der Waals surface area contributed by atoms with Crippen LogP contribution in [-0.2, 0) is 21.3 Å². The number of likely N-dealkylation sites (tertiary alicyclic amines) is 1. The molecule has 2 heterocycles. The normalized spacial score (nSPS) is 24.5. The molecule has 32 heavy (non-hydrogen) atoms. The van der Waals surface area contributed by atoms with Crippen LogP contribution in [0.3, 0.4) is 0 Å². The van der Waals surface area contributed by atoms with Crippen LogP contribution in [0.2, 0.25) is 0 Å². The Morgan fingerprint density at radius 1 is 1.22 bits per heavy atom. The van der Waals surface area contributed by atoms with Gasteiger partial charge in [-0.3, -0.25) is 9.89 Å². The van der Waals surface area contributed by atoms with E-state index in [2.05, 4.69) is 49.1 Å². The maximum atomic E-state index is 12.3. The third-order valence-electron chi connectivity index (χ3n) is 6.63. The highest BCUT2D eigenvalue weighted by atomic mass is 127. The number of guanidine groups is 1. The van der Waals surface area contributed by atoms with Crippen molar-refractivity contribution in [1.82, 2.24) is 19.8 Å². The zero-order valence-electron chi connectivity index (χ0n) is 18.8. The third kappa shape index (κ3) is 6.78. The number of hydrogen-bond acceptors (Lipinski definition) is 5. The molecule has 180 valence electrons. The van der Waals surface area contributed by atoms with Crippen LogP contribution in [0.15, 0.2) is 35.3 Å². The molecule has 2 aliphatic heterocycles. The van der Waals surface area contributed by atoms with Gasteiger partial charge in [0.1, 0.15) is 0 Å². The number of fused-ring (bicyclic) bond motifs is 1. The molecule has 2 unspecified atom stereocenters. The van der Waals surface area contributed by atoms with Crippen LogP contribution in [0.25, 0.3) is 0 Å². The molecule has 0 bridgehead atoms. The molecular weight excluding hydrogens is 541 g/mol. The van der Waals surface area contributed by atoms with Crippen LogP contribution < -0.4 is 10.0 Å². The number of ether oxygens (including phenoxy) is 1. The van der Waals surface area contributed by atoms with Crippen LogP contribution in [0.4, 0.5) is 0 Å². The molecule has 8 nitrogen and oxygen atoms in total. The van der Waals surface area contributed by atoms with Crippen molar-refractivity contribution in [2.75, 3.05) is 52.1 Å². The van der Waals surface area contributed by atoms with Gasteiger partial charge in [0.25, 0.3) is 0 Å². The van der Waals surface area contributed by atoms with Crippen molar-refractivity contribution in [2.45, 2.75) is 38.0 Å². The number of rotatable bonds is 8. The number of nitrogens with one attached hydrogen (secondary N) is 2. The Balaban J connectivity index is 0.00000289. The number of sulfonamides is 1. The predicted octanol–water partition coefficient (Wildman–Crippen LogP) is 1.48. The lowest BCUT2D eigenvalue weighted by Crippen LogP contribution is -2.50. The van der Waals surface area contributed by atoms with Crippen molar-refractivity contribution in [2.24, 2.45) is 10.9 Å². The van der Waals surface area contributed by atoms with Crippen molar-refractivity contribution in [1.29, 1.82) is 0 Å². The molecule has 3 aliphatic rings. The van der Waals surface area contributed by atoms with Gasteiger partial charge in [-0.25, -0.2) is 13.1 Å². The molecule has 0 aromatic heterocycles. The molecule has 4 rings (SSSR count). The van der Waals surface area contributed by atoms with Crippen molar-refractivity contribution in [3.05, 3.63) is 35.9 Å². The molecule has 10 heteroatoms. The summed E-state index contributed by atoms with van der Waals surface area (Å²) in [6, 6.07) is 10.8. The summed E-state index contributed by atoms with van der Waals surface area (Å²) in [7, 11) is -1.52. The second-order valence-corrected chi connectivity index (χ2v) is 10.7. The quantitative estimate of drug-likeness (QED) is 0.277. The lowest BCUT2D eigenvalue weighted by molar-refractivity contribution is -0.0502. The summed E-state index contributed by atoms with van der Waals surface area (Å²) in [5.74, 6) is 1.31. The van der Waals surface area contributed by atoms with Gasteiger partial charge in [0, 0.05) is 46.3 Å². The van der Waals surface area contributed by atoms with Crippen LogP contribution in [0.5, 0.6) is 0 Å². The Hall–Kier alpha value is -0.950. The molecule has 2 saturated heterocycles. The Kier molecular flexibility index (Phi) is 9.59. The Labute approximate surface area is 209 Å². The summed E-state index contributed by atoms with van der Waals surface area (Å²) in [6.45, 7) is 5.07. The van der Waals surface area contributed by atoms with Gasteiger partial charge in [0.15, 0.2) is 5.96 Å². The smallest absolute Gasteiger partial charge is 0.213 e. The summed E-state index contributed by atoms with van der Waals surface area (Å²) in [5.41, 5.74) is 1.31. The minimum atomic E-state index is -3.26. The number of hydrogen-bond donors (Lipinski definition) is 2. The van der Waals surface area contributed by atoms with E-state index < -0.39 is 10.0 Å². The fourth-order valence-electron chi connectivity index (χ4n) is 4.59. The van der Waals surface area contributed by atoms with Gasteiger partial charge < -0.3 is 15.0 Å². The molecule has 0 amide bonds. The number of halogens is 1. The van der Waals surface area contributed by atoms with Gasteiger partial charge in [0.2, 0.25) is 10.0 Å². The van der Waals surface area contributed by atoms with E-state index in [0.717, 1.165) is 51.6 Å². The van der Waals surface area contributed by atoms with E-state index in [4.69, 9.17) is 4.74 Å². The summed E-state index contributed by atoms with van der Waals surface area (Å²) in [4.78, 5) is 9.07. The van der Waals surface area contributed by atoms with E-state index in [1.165, 1.54) is 12.0 Å². The molecule has 3 fully saturated rings. The molecule has 1 saturated carbocycles. The van der Waals surface area contributed by atoms with Crippen LogP contribution in [-0.4, -0.2) is 88.5 Å². The Morgan fingerprint density at radius 2 is 2.00 bits per heavy atom. The molecular formula is C22H36IN5O3S. The molecule has 0 spiro atoms. The molecule has 1 aromatic rings. The van der Waals surface area contributed by atoms with Crippen molar-refractivity contribution in [3.63, 3.8) is 0 Å². The van der Waals surface area contributed by atoms with E-state index in [1.54, 1.807) is 7.05 Å². The average molecular weight is 578 g/mol. The highest BCUT2D eigenvalue weighted by Crippen LogP contribution is 2.26. The van der Waals surface area contributed by atoms with E-state index in [1.807, 2.05) is 6.07 Å². The maximum absolute atomic E-state index is 12.3. The number of morpholine rings is 1. The minimum Gasteiger partial charge on any atom is -0.373 e. The standard InChI is InChI=1S/C22H35N5O3S.HI/c1-23-22(24-10-13-31(28,29)25-14-18-8-5-9-18)27-16-20-21(17-27)30-12-11-26(20)15-19-6-3-2-4-7-19;/h2-4,6-7,18,20-21,25H,5,8-17H2,1H3,(H,23,24);1H. The monoisotopic (exact) mass is 577 g/mol. The minimum absolute atomic E-state index is 0. The zero-order valence-corrected chi connectivity index (χ0v) is 21.9. The highest BCUT2D eigenvalue weighted by molar-refractivity contribution is 14.0. The molecule has 2 atom stereocenters. The second-order valence-electron chi connectivity index (χ2n) is 8.78. The first kappa shape index (κ1) is 25.7. The number of nitrogens with zero attached hydrogens (tertiary/aromatic N) is 3. The van der Waals surface area contributed by atoms with Crippen LogP contribution in [0.1, 0.15) is 24.8 Å². The van der Waals surface area contributed by atoms with Crippen molar-refractivity contribution < 1.29 is 13.2 Å². The summed E-state index contributed by atoms with van der Waals surface area (Å²) in [5, 5.41) is 3.24. The number of aliphatic imine (C=N–C) groups is 1. The summed E-state index contributed by atoms with van der Waals surface area (Å²) in [6.07, 6.45) is 3.63. The van der Waals surface area contributed by atoms with Crippen LogP contribution in [0, 0.1) is 5.92 Å². The maximum Gasteiger partial charge on any atom is 0.213 e. The van der Waals surface area contributed by atoms with E-state index in [-0.39, 0.29) is 35.8 Å². The molecule has 0 radical (unpaired) electrons.